The van der Waals surface area contributed by atoms with E-state index in [4.69, 9.17) is 15.2 Å². The number of carbonyl (C=O) groups excluding carboxylic acids is 1. The Morgan fingerprint density at radius 3 is 2.40 bits per heavy atom. The van der Waals surface area contributed by atoms with Crippen molar-refractivity contribution < 1.29 is 14.3 Å². The number of carbonyl (C=O) groups is 1. The molecule has 1 rings (SSSR count). The van der Waals surface area contributed by atoms with E-state index >= 15 is 0 Å². The van der Waals surface area contributed by atoms with Gasteiger partial charge in [0.25, 0.3) is 0 Å². The number of hydrogen-bond acceptors (Lipinski definition) is 4. The molecule has 3 N–H and O–H groups in total. The maximum absolute atomic E-state index is 11.5. The van der Waals surface area contributed by atoms with Crippen molar-refractivity contribution in [3.8, 4) is 11.5 Å². The molecule has 5 nitrogen and oxygen atoms in total. The van der Waals surface area contributed by atoms with E-state index in [9.17, 15) is 4.79 Å². The lowest BCUT2D eigenvalue weighted by atomic mass is 10.2. The van der Waals surface area contributed by atoms with Crippen LogP contribution >= 0.6 is 0 Å². The zero-order valence-corrected chi connectivity index (χ0v) is 12.4. The summed E-state index contributed by atoms with van der Waals surface area (Å²) in [5.41, 5.74) is 5.61. The lowest BCUT2D eigenvalue weighted by Crippen LogP contribution is -2.34. The average Bonchev–Trinajstić information content (AvgIpc) is 2.43. The topological polar surface area (TPSA) is 73.6 Å². The van der Waals surface area contributed by atoms with Crippen LogP contribution in [0.2, 0.25) is 0 Å². The molecule has 0 radical (unpaired) electrons. The molecule has 0 heterocycles. The number of ether oxygens (including phenoxy) is 2. The van der Waals surface area contributed by atoms with E-state index < -0.39 is 0 Å². The fraction of sp³-hybridized carbons (Fsp3) is 0.533. The molecular formula is C15H24N2O3. The summed E-state index contributed by atoms with van der Waals surface area (Å²) in [5.74, 6) is 1.55. The van der Waals surface area contributed by atoms with Gasteiger partial charge in [0.1, 0.15) is 17.6 Å². The lowest BCUT2D eigenvalue weighted by molar-refractivity contribution is -0.121. The SMILES string of the molecule is COc1ccc(OC(C)CNC(=O)CCC(C)N)cc1. The van der Waals surface area contributed by atoms with E-state index in [1.165, 1.54) is 0 Å². The summed E-state index contributed by atoms with van der Waals surface area (Å²) in [6.07, 6.45) is 1.05. The second kappa shape index (κ2) is 8.43. The second-order valence-electron chi connectivity index (χ2n) is 4.92. The Hall–Kier alpha value is -1.75. The van der Waals surface area contributed by atoms with Crippen LogP contribution in [0.1, 0.15) is 26.7 Å². The Morgan fingerprint density at radius 1 is 1.25 bits per heavy atom. The highest BCUT2D eigenvalue weighted by Crippen LogP contribution is 2.17. The molecule has 0 fully saturated rings. The number of hydrogen-bond donors (Lipinski definition) is 2. The van der Waals surface area contributed by atoms with Crippen molar-refractivity contribution in [1.82, 2.24) is 5.32 Å². The Kier molecular flexibility index (Phi) is 6.87. The Balaban J connectivity index is 2.28. The number of amides is 1. The van der Waals surface area contributed by atoms with E-state index in [-0.39, 0.29) is 18.1 Å². The first-order chi connectivity index (χ1) is 9.51. The van der Waals surface area contributed by atoms with Crippen molar-refractivity contribution >= 4 is 5.91 Å². The number of benzene rings is 1. The Labute approximate surface area is 120 Å². The summed E-state index contributed by atoms with van der Waals surface area (Å²) in [6.45, 7) is 4.28. The third kappa shape index (κ3) is 6.43. The highest BCUT2D eigenvalue weighted by Gasteiger charge is 2.08. The van der Waals surface area contributed by atoms with Crippen LogP contribution < -0.4 is 20.5 Å². The molecule has 0 aromatic heterocycles. The van der Waals surface area contributed by atoms with E-state index in [0.717, 1.165) is 11.5 Å². The molecule has 0 aliphatic carbocycles. The van der Waals surface area contributed by atoms with Crippen molar-refractivity contribution in [2.24, 2.45) is 5.73 Å². The van der Waals surface area contributed by atoms with Crippen molar-refractivity contribution in [2.75, 3.05) is 13.7 Å². The quantitative estimate of drug-likeness (QED) is 0.760. The van der Waals surface area contributed by atoms with Crippen molar-refractivity contribution in [3.05, 3.63) is 24.3 Å². The van der Waals surface area contributed by atoms with Gasteiger partial charge in [-0.2, -0.15) is 0 Å². The van der Waals surface area contributed by atoms with Crippen LogP contribution in [0.15, 0.2) is 24.3 Å². The Morgan fingerprint density at radius 2 is 1.85 bits per heavy atom. The summed E-state index contributed by atoms with van der Waals surface area (Å²) in [5, 5.41) is 2.84. The fourth-order valence-electron chi connectivity index (χ4n) is 1.63. The Bertz CT molecular complexity index is 404. The molecule has 5 heteroatoms. The monoisotopic (exact) mass is 280 g/mol. The summed E-state index contributed by atoms with van der Waals surface area (Å²) >= 11 is 0. The van der Waals surface area contributed by atoms with E-state index in [2.05, 4.69) is 5.32 Å². The molecule has 1 amide bonds. The van der Waals surface area contributed by atoms with Gasteiger partial charge in [0.15, 0.2) is 0 Å². The van der Waals surface area contributed by atoms with Gasteiger partial charge in [-0.1, -0.05) is 0 Å². The highest BCUT2D eigenvalue weighted by atomic mass is 16.5. The van der Waals surface area contributed by atoms with Crippen molar-refractivity contribution in [1.29, 1.82) is 0 Å². The molecule has 0 aliphatic rings. The molecule has 2 atom stereocenters. The number of methoxy groups -OCH3 is 1. The first kappa shape index (κ1) is 16.3. The van der Waals surface area contributed by atoms with Crippen LogP contribution in [0.3, 0.4) is 0 Å². The van der Waals surface area contributed by atoms with Gasteiger partial charge in [-0.15, -0.1) is 0 Å². The van der Waals surface area contributed by atoms with Crippen molar-refractivity contribution in [2.45, 2.75) is 38.8 Å². The van der Waals surface area contributed by atoms with Crippen molar-refractivity contribution in [3.63, 3.8) is 0 Å². The predicted molar refractivity (Wildman–Crippen MR) is 79.0 cm³/mol. The minimum Gasteiger partial charge on any atom is -0.497 e. The van der Waals surface area contributed by atoms with Gasteiger partial charge in [0.2, 0.25) is 5.91 Å². The summed E-state index contributed by atoms with van der Waals surface area (Å²) < 4.78 is 10.8. The molecule has 0 saturated carbocycles. The molecule has 112 valence electrons. The second-order valence-corrected chi connectivity index (χ2v) is 4.92. The zero-order valence-electron chi connectivity index (χ0n) is 12.4. The highest BCUT2D eigenvalue weighted by molar-refractivity contribution is 5.75. The minimum absolute atomic E-state index is 0.00693. The summed E-state index contributed by atoms with van der Waals surface area (Å²) in [7, 11) is 1.62. The number of nitrogens with one attached hydrogen (secondary N) is 1. The van der Waals surface area contributed by atoms with Gasteiger partial charge in [0, 0.05) is 12.5 Å². The van der Waals surface area contributed by atoms with Gasteiger partial charge >= 0.3 is 0 Å². The maximum atomic E-state index is 11.5. The molecular weight excluding hydrogens is 256 g/mol. The standard InChI is InChI=1S/C15H24N2O3/c1-11(16)4-9-15(18)17-10-12(2)20-14-7-5-13(19-3)6-8-14/h5-8,11-12H,4,9-10,16H2,1-3H3,(H,17,18). The van der Waals surface area contributed by atoms with E-state index in [0.29, 0.717) is 19.4 Å². The van der Waals surface area contributed by atoms with Gasteiger partial charge in [-0.25, -0.2) is 0 Å². The summed E-state index contributed by atoms with van der Waals surface area (Å²) in [4.78, 5) is 11.5. The van der Waals surface area contributed by atoms with Crippen LogP contribution in [0.4, 0.5) is 0 Å². The normalized spacial score (nSPS) is 13.4. The molecule has 1 aromatic carbocycles. The van der Waals surface area contributed by atoms with Gasteiger partial charge < -0.3 is 20.5 Å². The van der Waals surface area contributed by atoms with Crippen LogP contribution in [0.5, 0.6) is 11.5 Å². The maximum Gasteiger partial charge on any atom is 0.220 e. The number of nitrogens with two attached hydrogens (primary N) is 1. The van der Waals surface area contributed by atoms with E-state index in [1.807, 2.05) is 38.1 Å². The van der Waals surface area contributed by atoms with Crippen LogP contribution in [-0.4, -0.2) is 31.7 Å². The van der Waals surface area contributed by atoms with Gasteiger partial charge in [-0.3, -0.25) is 4.79 Å². The largest absolute Gasteiger partial charge is 0.497 e. The average molecular weight is 280 g/mol. The molecule has 0 aliphatic heterocycles. The molecule has 2 unspecified atom stereocenters. The molecule has 0 saturated heterocycles. The number of rotatable bonds is 8. The van der Waals surface area contributed by atoms with Gasteiger partial charge in [-0.05, 0) is 44.5 Å². The first-order valence-electron chi connectivity index (χ1n) is 6.84. The van der Waals surface area contributed by atoms with Crippen LogP contribution in [-0.2, 0) is 4.79 Å². The molecule has 20 heavy (non-hydrogen) atoms. The van der Waals surface area contributed by atoms with Gasteiger partial charge in [0.05, 0.1) is 13.7 Å². The summed E-state index contributed by atoms with van der Waals surface area (Å²) in [6, 6.07) is 7.40. The minimum atomic E-state index is -0.0948. The molecule has 1 aromatic rings. The lowest BCUT2D eigenvalue weighted by Gasteiger charge is -2.16. The van der Waals surface area contributed by atoms with Crippen LogP contribution in [0.25, 0.3) is 0 Å². The van der Waals surface area contributed by atoms with Crippen LogP contribution in [0, 0.1) is 0 Å². The zero-order chi connectivity index (χ0) is 15.0. The first-order valence-corrected chi connectivity index (χ1v) is 6.84. The fourth-order valence-corrected chi connectivity index (χ4v) is 1.63. The third-order valence-electron chi connectivity index (χ3n) is 2.81. The predicted octanol–water partition coefficient (Wildman–Crippen LogP) is 1.71. The molecule has 0 bridgehead atoms. The molecule has 0 spiro atoms. The smallest absolute Gasteiger partial charge is 0.220 e. The van der Waals surface area contributed by atoms with E-state index in [1.54, 1.807) is 7.11 Å². The third-order valence-corrected chi connectivity index (χ3v) is 2.81.